The monoisotopic (exact) mass is 896 g/mol. The molecule has 316 valence electrons. The zero-order valence-corrected chi connectivity index (χ0v) is 38.6. The van der Waals surface area contributed by atoms with Crippen LogP contribution in [0.1, 0.15) is 27.5 Å². The van der Waals surface area contributed by atoms with Crippen LogP contribution in [0.5, 0.6) is 0 Å². The van der Waals surface area contributed by atoms with E-state index in [9.17, 15) is 0 Å². The van der Waals surface area contributed by atoms with Crippen molar-refractivity contribution in [2.24, 2.45) is 0 Å². The Balaban J connectivity index is 0.709. The summed E-state index contributed by atoms with van der Waals surface area (Å²) in [5.74, 6) is 0.284. The molecule has 0 spiro atoms. The average Bonchev–Trinajstić information content (AvgIpc) is 4.05. The highest BCUT2D eigenvalue weighted by Gasteiger charge is 2.29. The lowest BCUT2D eigenvalue weighted by Gasteiger charge is -2.29. The van der Waals surface area contributed by atoms with E-state index in [0.29, 0.717) is 0 Å². The first-order valence-corrected chi connectivity index (χ1v) is 25.3. The van der Waals surface area contributed by atoms with Gasteiger partial charge in [-0.2, -0.15) is 0 Å². The number of thiophene rings is 2. The maximum Gasteiger partial charge on any atom is 0.0370 e. The van der Waals surface area contributed by atoms with Crippen molar-refractivity contribution in [2.75, 3.05) is 0 Å². The smallest absolute Gasteiger partial charge is 0.0370 e. The predicted octanol–water partition coefficient (Wildman–Crippen LogP) is 19.3. The molecule has 2 aliphatic carbocycles. The fourth-order valence-electron chi connectivity index (χ4n) is 11.6. The molecule has 11 aromatic carbocycles. The van der Waals surface area contributed by atoms with E-state index in [1.165, 1.54) is 145 Å². The minimum Gasteiger partial charge on any atom is -0.139 e. The third kappa shape index (κ3) is 5.84. The van der Waals surface area contributed by atoms with Crippen molar-refractivity contribution in [1.29, 1.82) is 0 Å². The third-order valence-corrected chi connectivity index (χ3v) is 17.3. The van der Waals surface area contributed by atoms with Crippen LogP contribution in [-0.2, 0) is 6.42 Å². The Morgan fingerprint density at radius 3 is 1.50 bits per heavy atom. The summed E-state index contributed by atoms with van der Waals surface area (Å²) in [7, 11) is 0. The number of benzene rings is 11. The lowest BCUT2D eigenvalue weighted by atomic mass is 9.75. The standard InChI is InChI=1S/C66H40S2/c1-3-7-59-49(5-1)37-61(67-59)53-31-23-47-25-33-55-51(29-21-45-27-35-57(53)65(47)63(45)55)43-17-13-41(14-18-43)39-9-11-40(12-10-39)42-15-19-44(20-16-42)52-30-22-46-28-36-58-54(62-38-50-6-2-4-8-60(50)68-62)32-24-48-26-34-56(52)64(46)66(48)58/h1-27,29-38,54H,28H2. The largest absolute Gasteiger partial charge is 0.139 e. The average molecular weight is 897 g/mol. The lowest BCUT2D eigenvalue weighted by molar-refractivity contribution is 1.11. The molecule has 13 aromatic rings. The molecule has 0 nitrogen and oxygen atoms in total. The fraction of sp³-hybridized carbons (Fsp3) is 0.0303. The van der Waals surface area contributed by atoms with Gasteiger partial charge in [0.15, 0.2) is 0 Å². The van der Waals surface area contributed by atoms with Gasteiger partial charge in [0.2, 0.25) is 0 Å². The van der Waals surface area contributed by atoms with Crippen LogP contribution in [0, 0.1) is 0 Å². The van der Waals surface area contributed by atoms with Gasteiger partial charge in [0.1, 0.15) is 0 Å². The van der Waals surface area contributed by atoms with E-state index in [-0.39, 0.29) is 5.92 Å². The van der Waals surface area contributed by atoms with E-state index in [0.717, 1.165) is 6.42 Å². The summed E-state index contributed by atoms with van der Waals surface area (Å²) in [5.41, 5.74) is 16.9. The minimum atomic E-state index is 0.284. The highest BCUT2D eigenvalue weighted by atomic mass is 32.1. The first kappa shape index (κ1) is 38.2. The molecule has 1 unspecified atom stereocenters. The molecule has 0 saturated carbocycles. The molecule has 0 radical (unpaired) electrons. The van der Waals surface area contributed by atoms with Gasteiger partial charge >= 0.3 is 0 Å². The van der Waals surface area contributed by atoms with E-state index in [1.54, 1.807) is 0 Å². The molecule has 0 bridgehead atoms. The van der Waals surface area contributed by atoms with E-state index in [1.807, 2.05) is 22.7 Å². The normalized spacial score (nSPS) is 14.3. The van der Waals surface area contributed by atoms with Crippen molar-refractivity contribution >= 4 is 97.6 Å². The van der Waals surface area contributed by atoms with Gasteiger partial charge in [-0.25, -0.2) is 0 Å². The van der Waals surface area contributed by atoms with E-state index in [2.05, 4.69) is 224 Å². The second-order valence-electron chi connectivity index (χ2n) is 18.6. The molecule has 2 aliphatic rings. The van der Waals surface area contributed by atoms with Crippen LogP contribution < -0.4 is 0 Å². The molecule has 0 aliphatic heterocycles. The SMILES string of the molecule is C1=CC(c2cc3ccccc3s2)C2=CCc3ccc(-c4ccc(-c5ccc(-c6ccc(-c7ccc8ccc9c(-c%10cc%11ccccc%11s%10)ccc%10ccc7c8c%109)cc6)cc5)cc4)c4ccc1c2c34. The zero-order valence-electron chi connectivity index (χ0n) is 37.0. The zero-order chi connectivity index (χ0) is 44.5. The molecular weight excluding hydrogens is 857 g/mol. The van der Waals surface area contributed by atoms with Gasteiger partial charge in [-0.3, -0.25) is 0 Å². The van der Waals surface area contributed by atoms with Crippen LogP contribution in [0.15, 0.2) is 218 Å². The van der Waals surface area contributed by atoms with E-state index >= 15 is 0 Å². The first-order chi connectivity index (χ1) is 33.7. The number of allylic oxidation sites excluding steroid dienone is 3. The van der Waals surface area contributed by atoms with Gasteiger partial charge in [-0.05, 0) is 157 Å². The van der Waals surface area contributed by atoms with Crippen LogP contribution in [0.3, 0.4) is 0 Å². The van der Waals surface area contributed by atoms with Gasteiger partial charge in [-0.15, -0.1) is 22.7 Å². The fourth-order valence-corrected chi connectivity index (χ4v) is 13.9. The molecule has 2 heterocycles. The van der Waals surface area contributed by atoms with Crippen molar-refractivity contribution < 1.29 is 0 Å². The molecule has 0 fully saturated rings. The number of rotatable bonds is 6. The molecule has 2 heteroatoms. The molecule has 0 N–H and O–H groups in total. The Kier molecular flexibility index (Phi) is 8.33. The topological polar surface area (TPSA) is 0 Å². The molecule has 0 saturated heterocycles. The maximum absolute atomic E-state index is 2.49. The van der Waals surface area contributed by atoms with Crippen molar-refractivity contribution in [1.82, 2.24) is 0 Å². The number of hydrogen-bond acceptors (Lipinski definition) is 2. The molecule has 1 atom stereocenters. The predicted molar refractivity (Wildman–Crippen MR) is 295 cm³/mol. The van der Waals surface area contributed by atoms with Gasteiger partial charge in [0.25, 0.3) is 0 Å². The molecule has 2 aromatic heterocycles. The Hall–Kier alpha value is -7.88. The highest BCUT2D eigenvalue weighted by Crippen LogP contribution is 2.50. The van der Waals surface area contributed by atoms with Gasteiger partial charge in [0, 0.05) is 25.1 Å². The second kappa shape index (κ2) is 14.8. The Morgan fingerprint density at radius 2 is 0.882 bits per heavy atom. The van der Waals surface area contributed by atoms with Gasteiger partial charge in [0.05, 0.1) is 0 Å². The van der Waals surface area contributed by atoms with Crippen molar-refractivity contribution in [3.63, 3.8) is 0 Å². The highest BCUT2D eigenvalue weighted by molar-refractivity contribution is 7.22. The summed E-state index contributed by atoms with van der Waals surface area (Å²) in [5, 5.41) is 13.3. The maximum atomic E-state index is 2.49. The number of hydrogen-bond donors (Lipinski definition) is 0. The summed E-state index contributed by atoms with van der Waals surface area (Å²) in [6, 6.07) is 77.5. The Morgan fingerprint density at radius 1 is 0.382 bits per heavy atom. The van der Waals surface area contributed by atoms with E-state index < -0.39 is 0 Å². The van der Waals surface area contributed by atoms with Crippen LogP contribution >= 0.6 is 22.7 Å². The van der Waals surface area contributed by atoms with Crippen LogP contribution in [0.2, 0.25) is 0 Å². The Bertz CT molecular complexity index is 4180. The molecule has 68 heavy (non-hydrogen) atoms. The summed E-state index contributed by atoms with van der Waals surface area (Å²) in [6.45, 7) is 0. The van der Waals surface area contributed by atoms with Crippen LogP contribution in [0.4, 0.5) is 0 Å². The molecular formula is C66H40S2. The van der Waals surface area contributed by atoms with Crippen molar-refractivity contribution in [3.05, 3.63) is 240 Å². The van der Waals surface area contributed by atoms with Crippen LogP contribution in [-0.4, -0.2) is 0 Å². The quantitative estimate of drug-likeness (QED) is 0.146. The van der Waals surface area contributed by atoms with Crippen LogP contribution in [0.25, 0.3) is 130 Å². The van der Waals surface area contributed by atoms with E-state index in [4.69, 9.17) is 0 Å². The Labute approximate surface area is 402 Å². The number of fused-ring (bicyclic) bond motifs is 2. The van der Waals surface area contributed by atoms with Gasteiger partial charge < -0.3 is 0 Å². The van der Waals surface area contributed by atoms with Crippen molar-refractivity contribution in [3.8, 4) is 54.9 Å². The lowest BCUT2D eigenvalue weighted by Crippen LogP contribution is -2.09. The first-order valence-electron chi connectivity index (χ1n) is 23.6. The molecule has 15 rings (SSSR count). The summed E-state index contributed by atoms with van der Waals surface area (Å²) in [6.07, 6.45) is 8.23. The summed E-state index contributed by atoms with van der Waals surface area (Å²) < 4.78 is 2.69. The second-order valence-corrected chi connectivity index (χ2v) is 20.8. The summed E-state index contributed by atoms with van der Waals surface area (Å²) >= 11 is 3.81. The summed E-state index contributed by atoms with van der Waals surface area (Å²) in [4.78, 5) is 2.74. The van der Waals surface area contributed by atoms with Gasteiger partial charge in [-0.1, -0.05) is 200 Å². The van der Waals surface area contributed by atoms with Crippen molar-refractivity contribution in [2.45, 2.75) is 12.3 Å². The molecule has 0 amide bonds. The third-order valence-electron chi connectivity index (χ3n) is 15.0. The minimum absolute atomic E-state index is 0.284.